The maximum Gasteiger partial charge on any atom is 0.472 e. The van der Waals surface area contributed by atoms with Crippen molar-refractivity contribution in [1.29, 1.82) is 0 Å². The van der Waals surface area contributed by atoms with Gasteiger partial charge in [-0.1, -0.05) is 227 Å². The zero-order valence-corrected chi connectivity index (χ0v) is 44.7. The van der Waals surface area contributed by atoms with E-state index >= 15 is 0 Å². The van der Waals surface area contributed by atoms with Crippen molar-refractivity contribution in [1.82, 2.24) is 0 Å². The number of unbranched alkanes of at least 4 members (excludes halogenated alkanes) is 23. The third-order valence-corrected chi connectivity index (χ3v) is 12.5. The van der Waals surface area contributed by atoms with Gasteiger partial charge in [-0.25, -0.2) is 4.57 Å². The molecule has 0 amide bonds. The van der Waals surface area contributed by atoms with E-state index in [1.165, 1.54) is 128 Å². The number of ether oxygens (including phenoxy) is 2. The van der Waals surface area contributed by atoms with Crippen LogP contribution in [0.3, 0.4) is 0 Å². The lowest BCUT2D eigenvalue weighted by atomic mass is 10.1. The maximum absolute atomic E-state index is 12.7. The van der Waals surface area contributed by atoms with Crippen LogP contribution in [0.2, 0.25) is 0 Å². The molecule has 2 atom stereocenters. The summed E-state index contributed by atoms with van der Waals surface area (Å²) in [4.78, 5) is 22.7. The quantitative estimate of drug-likeness (QED) is 0.0268. The fourth-order valence-corrected chi connectivity index (χ4v) is 8.21. The van der Waals surface area contributed by atoms with E-state index in [1.807, 2.05) is 0 Å². The molecule has 0 radical (unpaired) electrons. The van der Waals surface area contributed by atoms with Crippen LogP contribution in [-0.4, -0.2) is 49.9 Å². The lowest BCUT2D eigenvalue weighted by Gasteiger charge is -2.20. The topological polar surface area (TPSA) is 117 Å². The van der Waals surface area contributed by atoms with Gasteiger partial charge in [0.15, 0.2) is 0 Å². The normalized spacial score (nSPS) is 14.0. The van der Waals surface area contributed by atoms with Crippen molar-refractivity contribution in [2.45, 2.75) is 238 Å². The molecule has 0 saturated heterocycles. The molecular weight excluding hydrogens is 866 g/mol. The molecular formula is C59H104NO7P. The van der Waals surface area contributed by atoms with Crippen LogP contribution in [-0.2, 0) is 27.9 Å². The number of phosphoric acid groups is 1. The Balaban J connectivity index is 3.97. The van der Waals surface area contributed by atoms with Crippen molar-refractivity contribution < 1.29 is 32.8 Å². The Hall–Kier alpha value is -2.58. The highest BCUT2D eigenvalue weighted by atomic mass is 31.2. The number of carbonyl (C=O) groups excluding carboxylic acids is 1. The summed E-state index contributed by atoms with van der Waals surface area (Å²) < 4.78 is 33.7. The Morgan fingerprint density at radius 1 is 0.456 bits per heavy atom. The second-order valence-electron chi connectivity index (χ2n) is 18.1. The van der Waals surface area contributed by atoms with Gasteiger partial charge in [0.25, 0.3) is 0 Å². The van der Waals surface area contributed by atoms with Crippen molar-refractivity contribution in [2.24, 2.45) is 5.73 Å². The van der Waals surface area contributed by atoms with Gasteiger partial charge in [-0.05, 0) is 96.3 Å². The van der Waals surface area contributed by atoms with Gasteiger partial charge in [0.1, 0.15) is 6.10 Å². The molecule has 0 spiro atoms. The summed E-state index contributed by atoms with van der Waals surface area (Å²) in [6, 6.07) is 0. The van der Waals surface area contributed by atoms with E-state index in [-0.39, 0.29) is 32.3 Å². The third kappa shape index (κ3) is 54.4. The van der Waals surface area contributed by atoms with Gasteiger partial charge < -0.3 is 20.1 Å². The molecule has 0 aliphatic rings. The van der Waals surface area contributed by atoms with Crippen LogP contribution in [0, 0.1) is 0 Å². The number of nitrogens with two attached hydrogens (primary N) is 1. The van der Waals surface area contributed by atoms with Crippen LogP contribution in [0.25, 0.3) is 0 Å². The first-order chi connectivity index (χ1) is 33.4. The third-order valence-electron chi connectivity index (χ3n) is 11.5. The number of hydrogen-bond donors (Lipinski definition) is 2. The predicted molar refractivity (Wildman–Crippen MR) is 293 cm³/mol. The minimum Gasteiger partial charge on any atom is -0.457 e. The highest BCUT2D eigenvalue weighted by Gasteiger charge is 2.25. The van der Waals surface area contributed by atoms with Crippen LogP contribution >= 0.6 is 7.82 Å². The average Bonchev–Trinajstić information content (AvgIpc) is 3.33. The lowest BCUT2D eigenvalue weighted by Crippen LogP contribution is -2.28. The van der Waals surface area contributed by atoms with Crippen LogP contribution in [0.4, 0.5) is 0 Å². The summed E-state index contributed by atoms with van der Waals surface area (Å²) in [5, 5.41) is 0. The van der Waals surface area contributed by atoms with E-state index in [0.717, 1.165) is 83.5 Å². The number of allylic oxidation sites excluding steroid dienone is 16. The van der Waals surface area contributed by atoms with Crippen LogP contribution in [0.5, 0.6) is 0 Å². The van der Waals surface area contributed by atoms with E-state index < -0.39 is 13.9 Å². The van der Waals surface area contributed by atoms with Gasteiger partial charge in [-0.3, -0.25) is 13.8 Å². The fraction of sp³-hybridized carbons (Fsp3) is 0.712. The van der Waals surface area contributed by atoms with Gasteiger partial charge in [0.2, 0.25) is 0 Å². The molecule has 9 heteroatoms. The number of rotatable bonds is 52. The maximum atomic E-state index is 12.7. The van der Waals surface area contributed by atoms with Crippen molar-refractivity contribution in [3.8, 4) is 0 Å². The second-order valence-corrected chi connectivity index (χ2v) is 19.5. The smallest absolute Gasteiger partial charge is 0.457 e. The summed E-state index contributed by atoms with van der Waals surface area (Å²) in [6.45, 7) is 4.78. The van der Waals surface area contributed by atoms with Crippen LogP contribution in [0.15, 0.2) is 97.2 Å². The molecule has 0 aliphatic heterocycles. The molecule has 0 saturated carbocycles. The molecule has 392 valence electrons. The molecule has 3 N–H and O–H groups in total. The summed E-state index contributed by atoms with van der Waals surface area (Å²) in [6.07, 6.45) is 74.4. The average molecular weight is 970 g/mol. The molecule has 68 heavy (non-hydrogen) atoms. The summed E-state index contributed by atoms with van der Waals surface area (Å²) in [5.74, 6) is -0.341. The molecule has 8 nitrogen and oxygen atoms in total. The first kappa shape index (κ1) is 65.4. The Kier molecular flexibility index (Phi) is 53.2. The number of hydrogen-bond acceptors (Lipinski definition) is 7. The predicted octanol–water partition coefficient (Wildman–Crippen LogP) is 17.8. The van der Waals surface area contributed by atoms with Gasteiger partial charge in [-0.15, -0.1) is 0 Å². The minimum atomic E-state index is -4.30. The number of carbonyl (C=O) groups is 1. The molecule has 0 aromatic carbocycles. The van der Waals surface area contributed by atoms with E-state index in [2.05, 4.69) is 111 Å². The summed E-state index contributed by atoms with van der Waals surface area (Å²) in [7, 11) is -4.30. The number of esters is 1. The van der Waals surface area contributed by atoms with E-state index in [0.29, 0.717) is 13.0 Å². The van der Waals surface area contributed by atoms with Crippen molar-refractivity contribution in [2.75, 3.05) is 33.0 Å². The largest absolute Gasteiger partial charge is 0.472 e. The molecule has 0 fully saturated rings. The molecule has 2 unspecified atom stereocenters. The van der Waals surface area contributed by atoms with Gasteiger partial charge in [-0.2, -0.15) is 0 Å². The molecule has 0 aromatic heterocycles. The van der Waals surface area contributed by atoms with E-state index in [9.17, 15) is 14.3 Å². The highest BCUT2D eigenvalue weighted by molar-refractivity contribution is 7.47. The van der Waals surface area contributed by atoms with Crippen molar-refractivity contribution in [3.63, 3.8) is 0 Å². The molecule has 0 aliphatic carbocycles. The van der Waals surface area contributed by atoms with Gasteiger partial charge in [0.05, 0.1) is 19.8 Å². The Bertz CT molecular complexity index is 1370. The van der Waals surface area contributed by atoms with Crippen molar-refractivity contribution >= 4 is 13.8 Å². The molecule has 0 rings (SSSR count). The molecule has 0 heterocycles. The van der Waals surface area contributed by atoms with Crippen LogP contribution in [0.1, 0.15) is 232 Å². The molecule has 0 bridgehead atoms. The first-order valence-electron chi connectivity index (χ1n) is 27.7. The zero-order chi connectivity index (χ0) is 49.4. The standard InChI is InChI=1S/C59H104NO7P/c1-3-5-7-9-11-13-15-17-19-21-23-25-27-29-30-32-34-36-38-40-42-44-46-48-50-52-59(61)67-58(57-66-68(62,63)65-55-53-60)56-64-54-51-49-47-45-43-41-39-37-35-33-31-28-26-24-22-20-18-16-14-12-10-8-6-4-2/h5,7,11,13,16-19,22-25,28-31,58H,3-4,6,8-10,12,14-15,20-21,26-27,32-57,60H2,1-2H3,(H,62,63)/b7-5-,13-11-,18-16-,19-17-,24-22-,25-23-,30-29-,31-28-. The summed E-state index contributed by atoms with van der Waals surface area (Å²) >= 11 is 0. The van der Waals surface area contributed by atoms with Crippen molar-refractivity contribution in [3.05, 3.63) is 97.2 Å². The van der Waals surface area contributed by atoms with E-state index in [1.54, 1.807) is 0 Å². The van der Waals surface area contributed by atoms with Gasteiger partial charge in [0, 0.05) is 19.6 Å². The Morgan fingerprint density at radius 3 is 1.24 bits per heavy atom. The SMILES string of the molecule is CC/C=C\C/C=C\C/C=C\C/C=C\C/C=C\CCCCCCCCCCCC(=O)OC(COCCCCCCCCCCC/C=C\C/C=C\C/C=C\CCCCCCC)COP(=O)(O)OCCN. The fourth-order valence-electron chi connectivity index (χ4n) is 7.44. The highest BCUT2D eigenvalue weighted by Crippen LogP contribution is 2.43. The second kappa shape index (κ2) is 55.3. The zero-order valence-electron chi connectivity index (χ0n) is 43.8. The number of phosphoric ester groups is 1. The Labute approximate surface area is 419 Å². The lowest BCUT2D eigenvalue weighted by molar-refractivity contribution is -0.154. The van der Waals surface area contributed by atoms with Gasteiger partial charge >= 0.3 is 13.8 Å². The molecule has 0 aromatic rings. The van der Waals surface area contributed by atoms with Crippen LogP contribution < -0.4 is 5.73 Å². The monoisotopic (exact) mass is 970 g/mol. The minimum absolute atomic E-state index is 0.0935. The first-order valence-corrected chi connectivity index (χ1v) is 29.2. The summed E-state index contributed by atoms with van der Waals surface area (Å²) in [5.41, 5.74) is 5.40. The Morgan fingerprint density at radius 2 is 0.824 bits per heavy atom. The van der Waals surface area contributed by atoms with E-state index in [4.69, 9.17) is 24.3 Å².